The summed E-state index contributed by atoms with van der Waals surface area (Å²) in [7, 11) is 4.30. The summed E-state index contributed by atoms with van der Waals surface area (Å²) in [4.78, 5) is 80.7. The van der Waals surface area contributed by atoms with E-state index in [2.05, 4.69) is 5.32 Å². The first kappa shape index (κ1) is 30.8. The highest BCUT2D eigenvalue weighted by Gasteiger charge is 2.72. The highest BCUT2D eigenvalue weighted by molar-refractivity contribution is 6.32. The molecular weight excluding hydrogens is 578 g/mol. The Kier molecular flexibility index (Phi) is 7.56. The van der Waals surface area contributed by atoms with Gasteiger partial charge < -0.3 is 30.5 Å². The summed E-state index contributed by atoms with van der Waals surface area (Å²) in [6.45, 7) is 1.58. The van der Waals surface area contributed by atoms with Crippen molar-refractivity contribution in [3.8, 4) is 17.2 Å². The molecular formula is C30H31N3O11. The Bertz CT molecular complexity index is 1600. The molecule has 14 nitrogen and oxygen atoms in total. The summed E-state index contributed by atoms with van der Waals surface area (Å²) in [6, 6.07) is 7.34. The van der Waals surface area contributed by atoms with Crippen LogP contribution in [0.3, 0.4) is 0 Å². The fourth-order valence-electron chi connectivity index (χ4n) is 6.98. The zero-order valence-corrected chi connectivity index (χ0v) is 24.1. The summed E-state index contributed by atoms with van der Waals surface area (Å²) in [5, 5.41) is 36.8. The lowest BCUT2D eigenvalue weighted by molar-refractivity contribution is -0.196. The minimum atomic E-state index is -3.11. The molecule has 0 spiro atoms. The van der Waals surface area contributed by atoms with Gasteiger partial charge in [0.25, 0.3) is 0 Å². The highest BCUT2D eigenvalue weighted by Crippen LogP contribution is 2.55. The van der Waals surface area contributed by atoms with Gasteiger partial charge in [-0.25, -0.2) is 4.79 Å². The van der Waals surface area contributed by atoms with E-state index in [1.807, 2.05) is 0 Å². The van der Waals surface area contributed by atoms with Gasteiger partial charge in [0.1, 0.15) is 17.2 Å². The Hall–Kier alpha value is -4.66. The fraction of sp³-hybridized carbons (Fsp3) is 0.400. The number of rotatable bonds is 5. The number of aliphatic hydroxyl groups is 2. The number of methoxy groups -OCH3 is 1. The van der Waals surface area contributed by atoms with Crippen molar-refractivity contribution in [1.82, 2.24) is 4.90 Å². The second-order valence-corrected chi connectivity index (χ2v) is 11.5. The number of primary amides is 1. The number of benzene rings is 2. The predicted octanol–water partition coefficient (Wildman–Crippen LogP) is 0.0183. The number of nitrogens with one attached hydrogen (secondary N) is 1. The number of anilines is 1. The molecule has 3 aliphatic rings. The maximum atomic E-state index is 14.0. The molecule has 3 aliphatic carbocycles. The molecule has 2 aromatic carbocycles. The molecule has 2 fully saturated rings. The second-order valence-electron chi connectivity index (χ2n) is 11.5. The number of phenolic OH excluding ortho intramolecular Hbond substituents is 1. The van der Waals surface area contributed by atoms with Gasteiger partial charge in [-0.2, -0.15) is 0 Å². The van der Waals surface area contributed by atoms with E-state index in [0.29, 0.717) is 5.75 Å². The van der Waals surface area contributed by atoms with E-state index in [4.69, 9.17) is 15.2 Å². The molecule has 0 heterocycles. The Balaban J connectivity index is 1.53. The van der Waals surface area contributed by atoms with Gasteiger partial charge in [-0.3, -0.25) is 34.2 Å². The Labute approximate surface area is 250 Å². The molecule has 2 unspecified atom stereocenters. The number of aromatic hydroxyl groups is 1. The molecule has 2 saturated carbocycles. The number of hydrogen-bond donors (Lipinski definition) is 5. The summed E-state index contributed by atoms with van der Waals surface area (Å²) < 4.78 is 10.3. The number of amides is 2. The summed E-state index contributed by atoms with van der Waals surface area (Å²) in [5.41, 5.74) is 1.84. The molecule has 2 aromatic rings. The molecule has 8 atom stereocenters. The van der Waals surface area contributed by atoms with Crippen molar-refractivity contribution in [3.05, 3.63) is 47.5 Å². The molecule has 0 aliphatic heterocycles. The number of carbonyl (C=O) groups excluding carboxylic acids is 6. The minimum Gasteiger partial charge on any atom is -0.505 e. The Morgan fingerprint density at radius 1 is 1.00 bits per heavy atom. The van der Waals surface area contributed by atoms with Gasteiger partial charge >= 0.3 is 6.09 Å². The third kappa shape index (κ3) is 4.36. The molecule has 5 rings (SSSR count). The lowest BCUT2D eigenvalue weighted by Crippen LogP contribution is -2.77. The molecule has 2 amide bonds. The molecule has 14 heteroatoms. The normalized spacial score (nSPS) is 31.1. The lowest BCUT2D eigenvalue weighted by Gasteiger charge is -2.56. The van der Waals surface area contributed by atoms with Crippen LogP contribution in [-0.4, -0.2) is 94.3 Å². The number of ketones is 4. The maximum absolute atomic E-state index is 14.0. The van der Waals surface area contributed by atoms with E-state index in [1.54, 1.807) is 19.1 Å². The molecule has 0 aromatic heterocycles. The Morgan fingerprint density at radius 3 is 2.18 bits per heavy atom. The minimum absolute atomic E-state index is 0.152. The molecule has 232 valence electrons. The van der Waals surface area contributed by atoms with Gasteiger partial charge in [0.05, 0.1) is 42.3 Å². The number of nitrogens with two attached hydrogens (primary N) is 1. The van der Waals surface area contributed by atoms with E-state index in [0.717, 1.165) is 0 Å². The van der Waals surface area contributed by atoms with E-state index in [-0.39, 0.29) is 22.6 Å². The average molecular weight is 610 g/mol. The first-order valence-electron chi connectivity index (χ1n) is 13.7. The second kappa shape index (κ2) is 10.8. The Morgan fingerprint density at radius 2 is 1.61 bits per heavy atom. The van der Waals surface area contributed by atoms with Gasteiger partial charge in [-0.1, -0.05) is 13.0 Å². The average Bonchev–Trinajstić information content (AvgIpc) is 2.96. The van der Waals surface area contributed by atoms with E-state index in [9.17, 15) is 44.1 Å². The summed E-state index contributed by atoms with van der Waals surface area (Å²) >= 11 is 0. The number of aliphatic hydroxyl groups excluding tert-OH is 1. The van der Waals surface area contributed by atoms with Crippen LogP contribution >= 0.6 is 0 Å². The first-order valence-corrected chi connectivity index (χ1v) is 13.7. The van der Waals surface area contributed by atoms with Crippen molar-refractivity contribution in [2.24, 2.45) is 29.4 Å². The maximum Gasteiger partial charge on any atom is 0.417 e. The van der Waals surface area contributed by atoms with Crippen molar-refractivity contribution in [2.75, 3.05) is 26.5 Å². The van der Waals surface area contributed by atoms with Gasteiger partial charge in [-0.05, 0) is 55.9 Å². The van der Waals surface area contributed by atoms with Crippen LogP contribution in [0.25, 0.3) is 0 Å². The van der Waals surface area contributed by atoms with Gasteiger partial charge in [0.15, 0.2) is 34.7 Å². The van der Waals surface area contributed by atoms with Crippen molar-refractivity contribution >= 4 is 40.8 Å². The SMILES string of the molecule is COc1ccc(OC(=O)Nc2ccc3c(c2O)C(=O)C2C(=O)[C@]4(O)C(=O)C(C(N)=O)C(=O)[C@@H](N(C)C)[C@@H]4[C@@H](O)[C@@H]2[C@H]3C)cc1. The number of carbonyl (C=O) groups is 6. The standard InChI is InChI=1S/C30H31N3O11/c1-11-14-9-10-15(32-29(41)44-13-7-5-12(43-4)6-8-13)22(34)17(14)23(35)18-16(11)24(36)20-21(33(2)3)25(37)19(28(31)40)27(39)30(20,42)26(18)38/h5-11,16,18-21,24,34,36,42H,1-4H3,(H2,31,40)(H,32,41)/t11-,16+,18?,19?,20+,21-,24-,30-/m0/s1. The number of ether oxygens (including phenoxy) is 2. The van der Waals surface area contributed by atoms with Crippen LogP contribution in [0.4, 0.5) is 10.5 Å². The van der Waals surface area contributed by atoms with Crippen molar-refractivity contribution in [2.45, 2.75) is 30.6 Å². The zero-order chi connectivity index (χ0) is 32.4. The van der Waals surface area contributed by atoms with Crippen molar-refractivity contribution in [3.63, 3.8) is 0 Å². The number of likely N-dealkylation sites (N-methyl/N-ethyl adjacent to an activating group) is 1. The van der Waals surface area contributed by atoms with Crippen LogP contribution in [0, 0.1) is 23.7 Å². The summed E-state index contributed by atoms with van der Waals surface area (Å²) in [5.74, 6) is -14.0. The fourth-order valence-corrected chi connectivity index (χ4v) is 6.98. The topological polar surface area (TPSA) is 223 Å². The van der Waals surface area contributed by atoms with Gasteiger partial charge in [0, 0.05) is 5.92 Å². The largest absolute Gasteiger partial charge is 0.505 e. The van der Waals surface area contributed by atoms with E-state index < -0.39 is 88.2 Å². The zero-order valence-electron chi connectivity index (χ0n) is 24.1. The van der Waals surface area contributed by atoms with E-state index in [1.165, 1.54) is 50.4 Å². The number of phenols is 1. The third-order valence-electron chi connectivity index (χ3n) is 9.00. The predicted molar refractivity (Wildman–Crippen MR) is 150 cm³/mol. The number of nitrogens with zero attached hydrogens (tertiary/aromatic N) is 1. The van der Waals surface area contributed by atoms with Crippen LogP contribution in [0.5, 0.6) is 17.2 Å². The van der Waals surface area contributed by atoms with Crippen LogP contribution < -0.4 is 20.5 Å². The summed E-state index contributed by atoms with van der Waals surface area (Å²) in [6.07, 6.45) is -2.76. The van der Waals surface area contributed by atoms with E-state index >= 15 is 0 Å². The lowest BCUT2D eigenvalue weighted by atomic mass is 9.49. The number of fused-ring (bicyclic) bond motifs is 3. The number of hydrogen-bond acceptors (Lipinski definition) is 12. The van der Waals surface area contributed by atoms with Crippen molar-refractivity contribution < 1.29 is 53.6 Å². The van der Waals surface area contributed by atoms with Crippen LogP contribution in [0.2, 0.25) is 0 Å². The van der Waals surface area contributed by atoms with Gasteiger partial charge in [-0.15, -0.1) is 0 Å². The molecule has 6 N–H and O–H groups in total. The van der Waals surface area contributed by atoms with Gasteiger partial charge in [0.2, 0.25) is 5.91 Å². The third-order valence-corrected chi connectivity index (χ3v) is 9.00. The first-order chi connectivity index (χ1) is 20.7. The molecule has 44 heavy (non-hydrogen) atoms. The molecule has 0 radical (unpaired) electrons. The highest BCUT2D eigenvalue weighted by atomic mass is 16.6. The number of Topliss-reactive ketones (excluding diaryl/α,β-unsaturated/α-hetero) is 4. The van der Waals surface area contributed by atoms with Crippen LogP contribution in [0.15, 0.2) is 36.4 Å². The molecule has 0 bridgehead atoms. The quantitative estimate of drug-likeness (QED) is 0.224. The van der Waals surface area contributed by atoms with Crippen molar-refractivity contribution in [1.29, 1.82) is 0 Å². The smallest absolute Gasteiger partial charge is 0.417 e. The molecule has 0 saturated heterocycles. The van der Waals surface area contributed by atoms with Crippen LogP contribution in [0.1, 0.15) is 28.8 Å². The monoisotopic (exact) mass is 609 g/mol. The van der Waals surface area contributed by atoms with Crippen LogP contribution in [-0.2, 0) is 19.2 Å².